The van der Waals surface area contributed by atoms with Gasteiger partial charge in [0, 0.05) is 43.2 Å². The summed E-state index contributed by atoms with van der Waals surface area (Å²) in [6, 6.07) is 3.55. The molecule has 2 heterocycles. The molecule has 2 aromatic heterocycles. The molecular weight excluding hydrogens is 266 g/mol. The van der Waals surface area contributed by atoms with Gasteiger partial charge in [-0.3, -0.25) is 9.48 Å². The molecule has 0 saturated carbocycles. The second-order valence-corrected chi connectivity index (χ2v) is 5.01. The monoisotopic (exact) mass is 287 g/mol. The van der Waals surface area contributed by atoms with Gasteiger partial charge in [0.25, 0.3) is 5.91 Å². The molecule has 0 spiro atoms. The number of rotatable bonds is 5. The lowest BCUT2D eigenvalue weighted by molar-refractivity contribution is 0.0950. The number of carbonyl (C=O) groups excluding carboxylic acids is 1. The van der Waals surface area contributed by atoms with Crippen LogP contribution in [0, 0.1) is 13.8 Å². The minimum Gasteiger partial charge on any atom is -0.370 e. The molecule has 0 aliphatic rings. The van der Waals surface area contributed by atoms with Crippen molar-refractivity contribution in [3.8, 4) is 0 Å². The van der Waals surface area contributed by atoms with Crippen molar-refractivity contribution in [2.24, 2.45) is 7.05 Å². The summed E-state index contributed by atoms with van der Waals surface area (Å²) in [6.45, 7) is 7.04. The van der Waals surface area contributed by atoms with Crippen molar-refractivity contribution in [2.75, 3.05) is 11.9 Å². The summed E-state index contributed by atoms with van der Waals surface area (Å²) in [5, 5.41) is 10.3. The van der Waals surface area contributed by atoms with Gasteiger partial charge >= 0.3 is 0 Å². The van der Waals surface area contributed by atoms with Gasteiger partial charge < -0.3 is 10.6 Å². The molecule has 0 aromatic carbocycles. The second kappa shape index (κ2) is 6.39. The van der Waals surface area contributed by atoms with Crippen molar-refractivity contribution in [3.05, 3.63) is 40.8 Å². The second-order valence-electron chi connectivity index (χ2n) is 5.01. The SMILES string of the molecule is CCNc1cc(C(=O)NCc2cn(C)nc2C)cc(C)n1. The lowest BCUT2D eigenvalue weighted by Crippen LogP contribution is -2.23. The van der Waals surface area contributed by atoms with E-state index in [4.69, 9.17) is 0 Å². The number of aromatic nitrogens is 3. The van der Waals surface area contributed by atoms with Gasteiger partial charge in [0.2, 0.25) is 0 Å². The van der Waals surface area contributed by atoms with Crippen LogP contribution in [0.3, 0.4) is 0 Å². The lowest BCUT2D eigenvalue weighted by Gasteiger charge is -2.08. The topological polar surface area (TPSA) is 71.8 Å². The van der Waals surface area contributed by atoms with Gasteiger partial charge in [-0.15, -0.1) is 0 Å². The molecule has 0 aliphatic carbocycles. The predicted octanol–water partition coefficient (Wildman–Crippen LogP) is 1.79. The van der Waals surface area contributed by atoms with Crippen LogP contribution in [0.15, 0.2) is 18.3 Å². The number of nitrogens with one attached hydrogen (secondary N) is 2. The molecule has 2 aromatic rings. The highest BCUT2D eigenvalue weighted by Gasteiger charge is 2.10. The van der Waals surface area contributed by atoms with Crippen molar-refractivity contribution in [1.82, 2.24) is 20.1 Å². The molecule has 2 rings (SSSR count). The number of hydrogen-bond donors (Lipinski definition) is 2. The Morgan fingerprint density at radius 3 is 2.71 bits per heavy atom. The molecule has 0 radical (unpaired) electrons. The van der Waals surface area contributed by atoms with Crippen molar-refractivity contribution >= 4 is 11.7 Å². The van der Waals surface area contributed by atoms with Gasteiger partial charge in [-0.25, -0.2) is 4.98 Å². The highest BCUT2D eigenvalue weighted by atomic mass is 16.1. The van der Waals surface area contributed by atoms with Crippen LogP contribution in [0.5, 0.6) is 0 Å². The van der Waals surface area contributed by atoms with Crippen molar-refractivity contribution in [2.45, 2.75) is 27.3 Å². The van der Waals surface area contributed by atoms with Crippen LogP contribution in [-0.2, 0) is 13.6 Å². The van der Waals surface area contributed by atoms with E-state index in [0.717, 1.165) is 29.3 Å². The molecule has 1 amide bonds. The number of hydrogen-bond acceptors (Lipinski definition) is 4. The molecule has 0 unspecified atom stereocenters. The zero-order valence-electron chi connectivity index (χ0n) is 12.9. The summed E-state index contributed by atoms with van der Waals surface area (Å²) in [5.74, 6) is 0.614. The van der Waals surface area contributed by atoms with Crippen LogP contribution in [0.25, 0.3) is 0 Å². The van der Waals surface area contributed by atoms with E-state index in [0.29, 0.717) is 12.1 Å². The van der Waals surface area contributed by atoms with Crippen LogP contribution in [0.4, 0.5) is 5.82 Å². The van der Waals surface area contributed by atoms with Gasteiger partial charge in [0.05, 0.1) is 5.69 Å². The Morgan fingerprint density at radius 1 is 1.33 bits per heavy atom. The Morgan fingerprint density at radius 2 is 2.10 bits per heavy atom. The summed E-state index contributed by atoms with van der Waals surface area (Å²) < 4.78 is 1.75. The first-order chi connectivity index (χ1) is 9.99. The molecule has 0 saturated heterocycles. The molecular formula is C15H21N5O. The first kappa shape index (κ1) is 15.0. The number of anilines is 1. The van der Waals surface area contributed by atoms with E-state index in [1.54, 1.807) is 16.8 Å². The van der Waals surface area contributed by atoms with E-state index in [1.807, 2.05) is 34.0 Å². The highest BCUT2D eigenvalue weighted by Crippen LogP contribution is 2.11. The molecule has 0 bridgehead atoms. The minimum atomic E-state index is -0.108. The van der Waals surface area contributed by atoms with E-state index in [-0.39, 0.29) is 5.91 Å². The number of nitrogens with zero attached hydrogens (tertiary/aromatic N) is 3. The molecule has 6 heteroatoms. The summed E-state index contributed by atoms with van der Waals surface area (Å²) in [4.78, 5) is 16.6. The molecule has 112 valence electrons. The molecule has 2 N–H and O–H groups in total. The fourth-order valence-corrected chi connectivity index (χ4v) is 2.17. The molecule has 6 nitrogen and oxygen atoms in total. The van der Waals surface area contributed by atoms with Crippen molar-refractivity contribution in [1.29, 1.82) is 0 Å². The molecule has 0 aliphatic heterocycles. The van der Waals surface area contributed by atoms with E-state index in [2.05, 4.69) is 20.7 Å². The Balaban J connectivity index is 2.08. The number of amides is 1. The quantitative estimate of drug-likeness (QED) is 0.879. The van der Waals surface area contributed by atoms with E-state index in [1.165, 1.54) is 0 Å². The van der Waals surface area contributed by atoms with E-state index in [9.17, 15) is 4.79 Å². The van der Waals surface area contributed by atoms with Crippen LogP contribution in [0.2, 0.25) is 0 Å². The maximum absolute atomic E-state index is 12.3. The zero-order valence-corrected chi connectivity index (χ0v) is 12.9. The zero-order chi connectivity index (χ0) is 15.4. The summed E-state index contributed by atoms with van der Waals surface area (Å²) in [6.07, 6.45) is 1.91. The van der Waals surface area contributed by atoms with Crippen molar-refractivity contribution in [3.63, 3.8) is 0 Å². The van der Waals surface area contributed by atoms with Gasteiger partial charge in [-0.2, -0.15) is 5.10 Å². The molecule has 0 fully saturated rings. The maximum Gasteiger partial charge on any atom is 0.251 e. The smallest absolute Gasteiger partial charge is 0.251 e. The average molecular weight is 287 g/mol. The first-order valence-corrected chi connectivity index (χ1v) is 6.99. The normalized spacial score (nSPS) is 10.5. The van der Waals surface area contributed by atoms with E-state index < -0.39 is 0 Å². The third kappa shape index (κ3) is 3.81. The lowest BCUT2D eigenvalue weighted by atomic mass is 10.2. The Hall–Kier alpha value is -2.37. The standard InChI is InChI=1S/C15H21N5O/c1-5-16-14-7-12(6-10(2)18-14)15(21)17-8-13-9-20(4)19-11(13)3/h6-7,9H,5,8H2,1-4H3,(H,16,18)(H,17,21). The number of carbonyl (C=O) groups is 1. The fourth-order valence-electron chi connectivity index (χ4n) is 2.17. The Labute approximate surface area is 124 Å². The predicted molar refractivity (Wildman–Crippen MR) is 82.3 cm³/mol. The van der Waals surface area contributed by atoms with E-state index >= 15 is 0 Å². The third-order valence-electron chi connectivity index (χ3n) is 3.13. The van der Waals surface area contributed by atoms with Crippen LogP contribution in [0.1, 0.15) is 34.2 Å². The van der Waals surface area contributed by atoms with Gasteiger partial charge in [0.15, 0.2) is 0 Å². The fraction of sp³-hybridized carbons (Fsp3) is 0.400. The first-order valence-electron chi connectivity index (χ1n) is 6.99. The van der Waals surface area contributed by atoms with Crippen molar-refractivity contribution < 1.29 is 4.79 Å². The highest BCUT2D eigenvalue weighted by molar-refractivity contribution is 5.94. The van der Waals surface area contributed by atoms with Gasteiger partial charge in [-0.1, -0.05) is 0 Å². The van der Waals surface area contributed by atoms with Crippen LogP contribution >= 0.6 is 0 Å². The number of pyridine rings is 1. The van der Waals surface area contributed by atoms with Gasteiger partial charge in [0.1, 0.15) is 5.82 Å². The Kier molecular flexibility index (Phi) is 4.57. The maximum atomic E-state index is 12.3. The Bertz CT molecular complexity index is 648. The number of aryl methyl sites for hydroxylation is 3. The average Bonchev–Trinajstić information content (AvgIpc) is 2.74. The third-order valence-corrected chi connectivity index (χ3v) is 3.13. The molecule has 21 heavy (non-hydrogen) atoms. The summed E-state index contributed by atoms with van der Waals surface area (Å²) in [5.41, 5.74) is 3.37. The molecule has 0 atom stereocenters. The summed E-state index contributed by atoms with van der Waals surface area (Å²) in [7, 11) is 1.87. The van der Waals surface area contributed by atoms with Gasteiger partial charge in [-0.05, 0) is 32.9 Å². The minimum absolute atomic E-state index is 0.108. The largest absolute Gasteiger partial charge is 0.370 e. The summed E-state index contributed by atoms with van der Waals surface area (Å²) >= 11 is 0. The van der Waals surface area contributed by atoms with Crippen LogP contribution < -0.4 is 10.6 Å². The van der Waals surface area contributed by atoms with Crippen LogP contribution in [-0.4, -0.2) is 27.2 Å².